The molecule has 0 aliphatic heterocycles. The number of nitrogens with zero attached hydrogens (tertiary/aromatic N) is 1. The third kappa shape index (κ3) is 5.19. The number of pyridine rings is 1. The van der Waals surface area contributed by atoms with Crippen LogP contribution in [0.4, 0.5) is 4.79 Å². The van der Waals surface area contributed by atoms with Crippen LogP contribution in [0.3, 0.4) is 0 Å². The van der Waals surface area contributed by atoms with Gasteiger partial charge in [-0.3, -0.25) is 4.98 Å². The molecule has 0 fully saturated rings. The number of aryl methyl sites for hydroxylation is 1. The Morgan fingerprint density at radius 1 is 1.33 bits per heavy atom. The van der Waals surface area contributed by atoms with Crippen molar-refractivity contribution in [1.29, 1.82) is 0 Å². The highest BCUT2D eigenvalue weighted by Gasteiger charge is 2.07. The molecular formula is C16H21N3OS. The SMILES string of the molecule is Cc1cccnc1CNC(=O)NC[C@@H](C)Cc1cccs1. The van der Waals surface area contributed by atoms with E-state index in [1.54, 1.807) is 17.5 Å². The van der Waals surface area contributed by atoms with Crippen molar-refractivity contribution in [2.24, 2.45) is 5.92 Å². The Balaban J connectivity index is 1.69. The molecule has 0 saturated heterocycles. The number of nitrogens with one attached hydrogen (secondary N) is 2. The number of aromatic nitrogens is 1. The van der Waals surface area contributed by atoms with Gasteiger partial charge in [0.1, 0.15) is 0 Å². The normalized spacial score (nSPS) is 11.9. The van der Waals surface area contributed by atoms with Gasteiger partial charge in [0.25, 0.3) is 0 Å². The summed E-state index contributed by atoms with van der Waals surface area (Å²) in [5, 5.41) is 7.84. The Labute approximate surface area is 129 Å². The summed E-state index contributed by atoms with van der Waals surface area (Å²) in [6.45, 7) is 5.26. The largest absolute Gasteiger partial charge is 0.338 e. The van der Waals surface area contributed by atoms with Crippen LogP contribution in [0.1, 0.15) is 23.1 Å². The minimum Gasteiger partial charge on any atom is -0.338 e. The zero-order valence-corrected chi connectivity index (χ0v) is 13.2. The van der Waals surface area contributed by atoms with Crippen molar-refractivity contribution in [3.05, 3.63) is 52.0 Å². The van der Waals surface area contributed by atoms with E-state index in [0.717, 1.165) is 17.7 Å². The average Bonchev–Trinajstić information content (AvgIpc) is 2.97. The number of rotatable bonds is 6. The summed E-state index contributed by atoms with van der Waals surface area (Å²) in [6, 6.07) is 7.93. The maximum Gasteiger partial charge on any atom is 0.315 e. The van der Waals surface area contributed by atoms with Gasteiger partial charge in [0.15, 0.2) is 0 Å². The maximum absolute atomic E-state index is 11.8. The fourth-order valence-corrected chi connectivity index (χ4v) is 2.91. The van der Waals surface area contributed by atoms with E-state index < -0.39 is 0 Å². The van der Waals surface area contributed by atoms with Crippen molar-refractivity contribution in [1.82, 2.24) is 15.6 Å². The Morgan fingerprint density at radius 2 is 2.19 bits per heavy atom. The van der Waals surface area contributed by atoms with Crippen LogP contribution in [0.5, 0.6) is 0 Å². The lowest BCUT2D eigenvalue weighted by Gasteiger charge is -2.13. The van der Waals surface area contributed by atoms with E-state index in [9.17, 15) is 4.79 Å². The molecule has 0 saturated carbocycles. The molecule has 0 aliphatic rings. The molecule has 2 aromatic heterocycles. The van der Waals surface area contributed by atoms with E-state index in [0.29, 0.717) is 19.0 Å². The molecule has 1 atom stereocenters. The van der Waals surface area contributed by atoms with Crippen molar-refractivity contribution in [3.63, 3.8) is 0 Å². The van der Waals surface area contributed by atoms with Gasteiger partial charge in [-0.05, 0) is 42.3 Å². The summed E-state index contributed by atoms with van der Waals surface area (Å²) in [7, 11) is 0. The first-order valence-corrected chi connectivity index (χ1v) is 7.97. The highest BCUT2D eigenvalue weighted by atomic mass is 32.1. The number of hydrogen-bond donors (Lipinski definition) is 2. The number of thiophene rings is 1. The van der Waals surface area contributed by atoms with Crippen LogP contribution in [0.2, 0.25) is 0 Å². The van der Waals surface area contributed by atoms with Crippen LogP contribution in [0, 0.1) is 12.8 Å². The fourth-order valence-electron chi connectivity index (χ4n) is 2.04. The van der Waals surface area contributed by atoms with Gasteiger partial charge < -0.3 is 10.6 Å². The maximum atomic E-state index is 11.8. The predicted molar refractivity (Wildman–Crippen MR) is 86.4 cm³/mol. The first-order valence-electron chi connectivity index (χ1n) is 7.09. The summed E-state index contributed by atoms with van der Waals surface area (Å²) in [5.74, 6) is 0.422. The van der Waals surface area contributed by atoms with Gasteiger partial charge >= 0.3 is 6.03 Å². The van der Waals surface area contributed by atoms with Gasteiger partial charge in [0.2, 0.25) is 0 Å². The molecule has 0 radical (unpaired) electrons. The summed E-state index contributed by atoms with van der Waals surface area (Å²) in [4.78, 5) is 17.4. The van der Waals surface area contributed by atoms with Crippen LogP contribution in [0.25, 0.3) is 0 Å². The van der Waals surface area contributed by atoms with Gasteiger partial charge in [-0.25, -0.2) is 4.79 Å². The summed E-state index contributed by atoms with van der Waals surface area (Å²) in [5.41, 5.74) is 1.99. The van der Waals surface area contributed by atoms with E-state index in [1.165, 1.54) is 4.88 Å². The first kappa shape index (κ1) is 15.5. The molecule has 2 N–H and O–H groups in total. The first-order chi connectivity index (χ1) is 10.1. The number of urea groups is 1. The van der Waals surface area contributed by atoms with Crippen LogP contribution in [0.15, 0.2) is 35.8 Å². The molecule has 112 valence electrons. The Hall–Kier alpha value is -1.88. The topological polar surface area (TPSA) is 54.0 Å². The van der Waals surface area contributed by atoms with Crippen molar-refractivity contribution < 1.29 is 4.79 Å². The van der Waals surface area contributed by atoms with E-state index in [2.05, 4.69) is 40.1 Å². The predicted octanol–water partition coefficient (Wildman–Crippen LogP) is 3.13. The smallest absolute Gasteiger partial charge is 0.315 e. The second kappa shape index (κ2) is 7.78. The number of carbonyl (C=O) groups is 1. The van der Waals surface area contributed by atoms with E-state index in [4.69, 9.17) is 0 Å². The summed E-state index contributed by atoms with van der Waals surface area (Å²) < 4.78 is 0. The van der Waals surface area contributed by atoms with Gasteiger partial charge in [0, 0.05) is 17.6 Å². The number of hydrogen-bond acceptors (Lipinski definition) is 3. The Kier molecular flexibility index (Phi) is 5.75. The lowest BCUT2D eigenvalue weighted by atomic mass is 10.1. The van der Waals surface area contributed by atoms with Crippen LogP contribution < -0.4 is 10.6 Å². The fraction of sp³-hybridized carbons (Fsp3) is 0.375. The summed E-state index contributed by atoms with van der Waals surface area (Å²) >= 11 is 1.76. The van der Waals surface area contributed by atoms with Crippen molar-refractivity contribution in [2.45, 2.75) is 26.8 Å². The van der Waals surface area contributed by atoms with E-state index >= 15 is 0 Å². The number of carbonyl (C=O) groups excluding carboxylic acids is 1. The molecule has 5 heteroatoms. The molecule has 2 heterocycles. The second-order valence-corrected chi connectivity index (χ2v) is 6.25. The third-order valence-corrected chi connectivity index (χ3v) is 4.17. The Morgan fingerprint density at radius 3 is 2.90 bits per heavy atom. The lowest BCUT2D eigenvalue weighted by molar-refractivity contribution is 0.238. The van der Waals surface area contributed by atoms with E-state index in [-0.39, 0.29) is 6.03 Å². The monoisotopic (exact) mass is 303 g/mol. The quantitative estimate of drug-likeness (QED) is 0.861. The minimum absolute atomic E-state index is 0.141. The van der Waals surface area contributed by atoms with Crippen LogP contribution in [-0.4, -0.2) is 17.6 Å². The summed E-state index contributed by atoms with van der Waals surface area (Å²) in [6.07, 6.45) is 2.74. The minimum atomic E-state index is -0.141. The van der Waals surface area contributed by atoms with Gasteiger partial charge in [-0.15, -0.1) is 11.3 Å². The molecule has 4 nitrogen and oxygen atoms in total. The average molecular weight is 303 g/mol. The third-order valence-electron chi connectivity index (χ3n) is 3.28. The molecule has 21 heavy (non-hydrogen) atoms. The highest BCUT2D eigenvalue weighted by molar-refractivity contribution is 7.09. The van der Waals surface area contributed by atoms with Crippen molar-refractivity contribution in [3.8, 4) is 0 Å². The van der Waals surface area contributed by atoms with E-state index in [1.807, 2.05) is 19.1 Å². The Bertz CT molecular complexity index is 569. The zero-order chi connectivity index (χ0) is 15.1. The molecule has 2 aromatic rings. The molecule has 0 bridgehead atoms. The van der Waals surface area contributed by atoms with Crippen molar-refractivity contribution in [2.75, 3.05) is 6.54 Å². The molecule has 2 amide bonds. The standard InChI is InChI=1S/C16H21N3OS/c1-12(9-14-6-4-8-21-14)10-18-16(20)19-11-15-13(2)5-3-7-17-15/h3-8,12H,9-11H2,1-2H3,(H2,18,19,20)/t12-/m0/s1. The van der Waals surface area contributed by atoms with Crippen LogP contribution >= 0.6 is 11.3 Å². The van der Waals surface area contributed by atoms with Gasteiger partial charge in [-0.2, -0.15) is 0 Å². The lowest BCUT2D eigenvalue weighted by Crippen LogP contribution is -2.38. The van der Waals surface area contributed by atoms with Crippen molar-refractivity contribution >= 4 is 17.4 Å². The molecule has 0 aliphatic carbocycles. The number of amides is 2. The van der Waals surface area contributed by atoms with Gasteiger partial charge in [-0.1, -0.05) is 19.1 Å². The molecule has 0 spiro atoms. The van der Waals surface area contributed by atoms with Gasteiger partial charge in [0.05, 0.1) is 12.2 Å². The molecule has 2 rings (SSSR count). The van der Waals surface area contributed by atoms with Crippen LogP contribution in [-0.2, 0) is 13.0 Å². The second-order valence-electron chi connectivity index (χ2n) is 5.22. The molecule has 0 aromatic carbocycles. The molecule has 0 unspecified atom stereocenters. The zero-order valence-electron chi connectivity index (χ0n) is 12.4. The molecular weight excluding hydrogens is 282 g/mol. The highest BCUT2D eigenvalue weighted by Crippen LogP contribution is 2.13.